The van der Waals surface area contributed by atoms with Crippen molar-refractivity contribution in [2.45, 2.75) is 118 Å². The van der Waals surface area contributed by atoms with Crippen molar-refractivity contribution in [3.8, 4) is 0 Å². The van der Waals surface area contributed by atoms with Crippen LogP contribution in [0.3, 0.4) is 0 Å². The van der Waals surface area contributed by atoms with Crippen molar-refractivity contribution in [1.29, 1.82) is 0 Å². The number of aliphatic hydroxyl groups excluding tert-OH is 2. The molecule has 0 aromatic carbocycles. The molecule has 0 aromatic rings. The Balaban J connectivity index is 1.65. The Hall–Kier alpha value is -0.910. The number of carboxylic acid groups (broad SMARTS) is 1. The predicted octanol–water partition coefficient (Wildman–Crippen LogP) is 5.18. The van der Waals surface area contributed by atoms with Crippen molar-refractivity contribution < 1.29 is 25.2 Å². The van der Waals surface area contributed by atoms with Gasteiger partial charge in [0.05, 0.1) is 23.2 Å². The number of carbonyl (C=O) groups is 1. The molecule has 0 heterocycles. The first-order valence-corrected chi connectivity index (χ1v) is 14.0. The molecule has 0 unspecified atom stereocenters. The summed E-state index contributed by atoms with van der Waals surface area (Å²) in [6.07, 6.45) is 7.21. The van der Waals surface area contributed by atoms with E-state index in [2.05, 4.69) is 47.6 Å². The highest BCUT2D eigenvalue weighted by Crippen LogP contribution is 2.76. The molecule has 4 N–H and O–H groups in total. The van der Waals surface area contributed by atoms with Gasteiger partial charge in [0.1, 0.15) is 0 Å². The van der Waals surface area contributed by atoms with Crippen LogP contribution in [0.5, 0.6) is 0 Å². The molecule has 35 heavy (non-hydrogen) atoms. The molecule has 11 atom stereocenters. The molecule has 5 nitrogen and oxygen atoms in total. The zero-order valence-corrected chi connectivity index (χ0v) is 22.9. The van der Waals surface area contributed by atoms with Gasteiger partial charge in [-0.1, -0.05) is 53.2 Å². The smallest absolute Gasteiger partial charge is 0.310 e. The van der Waals surface area contributed by atoms with Gasteiger partial charge in [0, 0.05) is 5.92 Å². The van der Waals surface area contributed by atoms with Gasteiger partial charge in [0.25, 0.3) is 0 Å². The van der Waals surface area contributed by atoms with E-state index in [-0.39, 0.29) is 33.5 Å². The summed E-state index contributed by atoms with van der Waals surface area (Å²) in [7, 11) is 0. The fourth-order valence-corrected chi connectivity index (χ4v) is 11.0. The first-order chi connectivity index (χ1) is 16.0. The number of aliphatic carboxylic acids is 1. The zero-order valence-electron chi connectivity index (χ0n) is 22.9. The van der Waals surface area contributed by atoms with E-state index in [1.165, 1.54) is 5.57 Å². The van der Waals surface area contributed by atoms with Crippen molar-refractivity contribution >= 4 is 5.97 Å². The lowest BCUT2D eigenvalue weighted by atomic mass is 9.33. The van der Waals surface area contributed by atoms with E-state index in [1.807, 2.05) is 6.92 Å². The number of fused-ring (bicyclic) bond motifs is 7. The van der Waals surface area contributed by atoms with Gasteiger partial charge in [0.15, 0.2) is 0 Å². The topological polar surface area (TPSA) is 98.0 Å². The van der Waals surface area contributed by atoms with Gasteiger partial charge >= 0.3 is 5.97 Å². The van der Waals surface area contributed by atoms with Crippen molar-refractivity contribution in [1.82, 2.24) is 0 Å². The maximum absolute atomic E-state index is 12.8. The molecule has 198 valence electrons. The highest BCUT2D eigenvalue weighted by Gasteiger charge is 2.71. The molecule has 0 spiro atoms. The molecule has 0 bridgehead atoms. The van der Waals surface area contributed by atoms with Gasteiger partial charge in [-0.2, -0.15) is 0 Å². The summed E-state index contributed by atoms with van der Waals surface area (Å²) in [4.78, 5) is 12.8. The Morgan fingerprint density at radius 1 is 0.943 bits per heavy atom. The number of hydrogen-bond acceptors (Lipinski definition) is 4. The molecule has 0 aromatic heterocycles. The Bertz CT molecular complexity index is 952. The highest BCUT2D eigenvalue weighted by atomic mass is 16.4. The lowest BCUT2D eigenvalue weighted by Crippen LogP contribution is -2.68. The summed E-state index contributed by atoms with van der Waals surface area (Å²) >= 11 is 0. The van der Waals surface area contributed by atoms with Gasteiger partial charge < -0.3 is 20.4 Å². The van der Waals surface area contributed by atoms with Gasteiger partial charge in [-0.25, -0.2) is 0 Å². The van der Waals surface area contributed by atoms with Crippen LogP contribution in [0.25, 0.3) is 0 Å². The van der Waals surface area contributed by atoms with E-state index in [9.17, 15) is 25.2 Å². The molecular formula is C30H48O5. The molecule has 5 aliphatic rings. The minimum absolute atomic E-state index is 0.0535. The predicted molar refractivity (Wildman–Crippen MR) is 135 cm³/mol. The van der Waals surface area contributed by atoms with E-state index < -0.39 is 29.2 Å². The van der Waals surface area contributed by atoms with E-state index in [0.717, 1.165) is 32.1 Å². The third-order valence-corrected chi connectivity index (χ3v) is 13.4. The third-order valence-electron chi connectivity index (χ3n) is 13.4. The van der Waals surface area contributed by atoms with Crippen LogP contribution in [0.4, 0.5) is 0 Å². The standard InChI is InChI=1S/C30H48O5/c1-17-10-13-30(24(33)34)15-14-27(5)18(22(30)29(17,7)35)8-9-21-26(4)16-19(31)23(32)25(2,3)20(26)11-12-28(21,27)6/h8,17,19-23,31-32,35H,9-16H2,1-7H3,(H,33,34)/t17-,19-,20+,21-,22-,23-,26+,27-,28-,29+,30+/m1/s1. The van der Waals surface area contributed by atoms with Gasteiger partial charge in [-0.15, -0.1) is 0 Å². The maximum atomic E-state index is 12.8. The maximum Gasteiger partial charge on any atom is 0.310 e. The Morgan fingerprint density at radius 3 is 2.23 bits per heavy atom. The van der Waals surface area contributed by atoms with E-state index in [1.54, 1.807) is 0 Å². The SMILES string of the molecule is C[C@@H]1CC[C@]2(C(=O)O)CC[C@]3(C)C(=CC[C@@H]4[C@@]5(C)C[C@@H](O)[C@@H](O)C(C)(C)[C@@H]5CC[C@]43C)[C@@H]2[C@@]1(C)O. The summed E-state index contributed by atoms with van der Waals surface area (Å²) in [5.41, 5.74) is -1.46. The molecule has 5 rings (SSSR count). The largest absolute Gasteiger partial charge is 0.481 e. The molecule has 4 saturated carbocycles. The number of carboxylic acids is 1. The summed E-state index contributed by atoms with van der Waals surface area (Å²) in [5, 5.41) is 44.3. The van der Waals surface area contributed by atoms with E-state index >= 15 is 0 Å². The van der Waals surface area contributed by atoms with Crippen LogP contribution in [0.15, 0.2) is 11.6 Å². The molecule has 4 fully saturated rings. The fourth-order valence-electron chi connectivity index (χ4n) is 11.0. The van der Waals surface area contributed by atoms with Crippen LogP contribution in [0, 0.1) is 50.7 Å². The van der Waals surface area contributed by atoms with E-state index in [4.69, 9.17) is 0 Å². The third kappa shape index (κ3) is 2.90. The molecule has 0 amide bonds. The normalized spacial score (nSPS) is 57.1. The lowest BCUT2D eigenvalue weighted by Gasteiger charge is -2.72. The summed E-state index contributed by atoms with van der Waals surface area (Å²) in [5.74, 6) is -0.394. The first-order valence-electron chi connectivity index (χ1n) is 14.0. The van der Waals surface area contributed by atoms with E-state index in [0.29, 0.717) is 31.1 Å². The van der Waals surface area contributed by atoms with Crippen molar-refractivity contribution in [3.63, 3.8) is 0 Å². The van der Waals surface area contributed by atoms with Crippen LogP contribution in [-0.4, -0.2) is 44.2 Å². The first kappa shape index (κ1) is 25.7. The number of rotatable bonds is 1. The zero-order chi connectivity index (χ0) is 26.0. The quantitative estimate of drug-likeness (QED) is 0.382. The number of allylic oxidation sites excluding steroid dienone is 1. The van der Waals surface area contributed by atoms with Crippen molar-refractivity contribution in [2.75, 3.05) is 0 Å². The van der Waals surface area contributed by atoms with Crippen LogP contribution < -0.4 is 0 Å². The number of hydrogen-bond donors (Lipinski definition) is 4. The van der Waals surface area contributed by atoms with Crippen LogP contribution in [0.2, 0.25) is 0 Å². The van der Waals surface area contributed by atoms with Gasteiger partial charge in [-0.3, -0.25) is 4.79 Å². The fraction of sp³-hybridized carbons (Fsp3) is 0.900. The minimum atomic E-state index is -1.05. The summed E-state index contributed by atoms with van der Waals surface area (Å²) < 4.78 is 0. The number of aliphatic hydroxyl groups is 3. The summed E-state index contributed by atoms with van der Waals surface area (Å²) in [6, 6.07) is 0. The second-order valence-corrected chi connectivity index (χ2v) is 14.9. The van der Waals surface area contributed by atoms with Crippen molar-refractivity contribution in [3.05, 3.63) is 11.6 Å². The Labute approximate surface area is 211 Å². The van der Waals surface area contributed by atoms with Gasteiger partial charge in [0.2, 0.25) is 0 Å². The second-order valence-electron chi connectivity index (χ2n) is 14.9. The average Bonchev–Trinajstić information content (AvgIpc) is 2.75. The minimum Gasteiger partial charge on any atom is -0.481 e. The molecule has 0 aliphatic heterocycles. The van der Waals surface area contributed by atoms with Crippen LogP contribution in [-0.2, 0) is 4.79 Å². The van der Waals surface area contributed by atoms with Crippen LogP contribution >= 0.6 is 0 Å². The highest BCUT2D eigenvalue weighted by molar-refractivity contribution is 5.77. The van der Waals surface area contributed by atoms with Gasteiger partial charge in [-0.05, 0) is 97.7 Å². The second kappa shape index (κ2) is 7.35. The monoisotopic (exact) mass is 488 g/mol. The molecule has 5 heteroatoms. The summed E-state index contributed by atoms with van der Waals surface area (Å²) in [6.45, 7) is 15.3. The molecule has 5 aliphatic carbocycles. The van der Waals surface area contributed by atoms with Crippen LogP contribution in [0.1, 0.15) is 99.8 Å². The molecule has 0 radical (unpaired) electrons. The van der Waals surface area contributed by atoms with Crippen molar-refractivity contribution in [2.24, 2.45) is 50.7 Å². The lowest BCUT2D eigenvalue weighted by molar-refractivity contribution is -0.237. The molecular weight excluding hydrogens is 440 g/mol. The average molecular weight is 489 g/mol. The Morgan fingerprint density at radius 2 is 1.60 bits per heavy atom. The molecule has 0 saturated heterocycles. The Kier molecular flexibility index (Phi) is 5.40.